The third kappa shape index (κ3) is 4.24. The van der Waals surface area contributed by atoms with Crippen molar-refractivity contribution in [3.63, 3.8) is 0 Å². The van der Waals surface area contributed by atoms with Crippen molar-refractivity contribution in [2.45, 2.75) is 24.9 Å². The van der Waals surface area contributed by atoms with E-state index >= 15 is 0 Å². The Labute approximate surface area is 117 Å². The molecule has 6 nitrogen and oxygen atoms in total. The fraction of sp³-hybridized carbons (Fsp3) is 0.429. The standard InChI is InChI=1S/C14H18N2O4/c17-13(18)12(8-10-4-2-1-3-5-10)16-14(19)15-11-6-7-20-9-11/h1-5,11-12H,6-9H2,(H,17,18)(H2,15,16,19)/t11?,12-/m1/s1. The number of amides is 2. The Kier molecular flexibility index (Phi) is 4.95. The molecule has 0 aromatic heterocycles. The molecule has 1 unspecified atom stereocenters. The summed E-state index contributed by atoms with van der Waals surface area (Å²) in [6.07, 6.45) is 1.01. The quantitative estimate of drug-likeness (QED) is 0.742. The van der Waals surface area contributed by atoms with Crippen LogP contribution in [0.15, 0.2) is 30.3 Å². The number of ether oxygens (including phenoxy) is 1. The van der Waals surface area contributed by atoms with Crippen molar-refractivity contribution in [2.75, 3.05) is 13.2 Å². The van der Waals surface area contributed by atoms with Gasteiger partial charge in [0.25, 0.3) is 0 Å². The molecule has 0 radical (unpaired) electrons. The van der Waals surface area contributed by atoms with Crippen molar-refractivity contribution in [3.05, 3.63) is 35.9 Å². The third-order valence-corrected chi connectivity index (χ3v) is 3.15. The summed E-state index contributed by atoms with van der Waals surface area (Å²) < 4.78 is 5.15. The number of rotatable bonds is 5. The van der Waals surface area contributed by atoms with E-state index in [-0.39, 0.29) is 12.5 Å². The van der Waals surface area contributed by atoms with Crippen molar-refractivity contribution in [1.29, 1.82) is 0 Å². The SMILES string of the molecule is O=C(NC1CCOC1)N[C@H](Cc1ccccc1)C(=O)O. The number of carbonyl (C=O) groups excluding carboxylic acids is 1. The lowest BCUT2D eigenvalue weighted by Gasteiger charge is -2.17. The first kappa shape index (κ1) is 14.3. The van der Waals surface area contributed by atoms with Crippen molar-refractivity contribution >= 4 is 12.0 Å². The van der Waals surface area contributed by atoms with Crippen LogP contribution in [0, 0.1) is 0 Å². The molecular formula is C14H18N2O4. The van der Waals surface area contributed by atoms with Gasteiger partial charge in [-0.05, 0) is 12.0 Å². The van der Waals surface area contributed by atoms with Gasteiger partial charge in [-0.25, -0.2) is 9.59 Å². The van der Waals surface area contributed by atoms with E-state index in [1.165, 1.54) is 0 Å². The van der Waals surface area contributed by atoms with Gasteiger partial charge in [0, 0.05) is 13.0 Å². The summed E-state index contributed by atoms with van der Waals surface area (Å²) in [5, 5.41) is 14.4. The van der Waals surface area contributed by atoms with Crippen LogP contribution < -0.4 is 10.6 Å². The van der Waals surface area contributed by atoms with Crippen LogP contribution in [0.25, 0.3) is 0 Å². The predicted octanol–water partition coefficient (Wildman–Crippen LogP) is 0.770. The van der Waals surface area contributed by atoms with Crippen LogP contribution in [0.5, 0.6) is 0 Å². The number of aliphatic carboxylic acids is 1. The van der Waals surface area contributed by atoms with Gasteiger partial charge in [-0.15, -0.1) is 0 Å². The summed E-state index contributed by atoms with van der Waals surface area (Å²) >= 11 is 0. The Morgan fingerprint density at radius 1 is 1.35 bits per heavy atom. The summed E-state index contributed by atoms with van der Waals surface area (Å²) in [6.45, 7) is 1.10. The lowest BCUT2D eigenvalue weighted by Crippen LogP contribution is -2.50. The highest BCUT2D eigenvalue weighted by atomic mass is 16.5. The Hall–Kier alpha value is -2.08. The molecule has 2 rings (SSSR count). The average Bonchev–Trinajstić information content (AvgIpc) is 2.92. The van der Waals surface area contributed by atoms with Crippen LogP contribution in [0.4, 0.5) is 4.79 Å². The Morgan fingerprint density at radius 3 is 2.70 bits per heavy atom. The molecule has 20 heavy (non-hydrogen) atoms. The average molecular weight is 278 g/mol. The highest BCUT2D eigenvalue weighted by Crippen LogP contribution is 2.05. The molecule has 0 saturated carbocycles. The van der Waals surface area contributed by atoms with Crippen LogP contribution >= 0.6 is 0 Å². The predicted molar refractivity (Wildman–Crippen MR) is 72.5 cm³/mol. The number of carboxylic acids is 1. The van der Waals surface area contributed by atoms with Crippen molar-refractivity contribution < 1.29 is 19.4 Å². The molecule has 1 heterocycles. The van der Waals surface area contributed by atoms with E-state index < -0.39 is 18.0 Å². The number of hydrogen-bond donors (Lipinski definition) is 3. The molecule has 2 atom stereocenters. The molecule has 2 amide bonds. The summed E-state index contributed by atoms with van der Waals surface area (Å²) in [6, 6.07) is 7.75. The van der Waals surface area contributed by atoms with E-state index in [2.05, 4.69) is 10.6 Å². The molecule has 1 saturated heterocycles. The molecule has 1 aromatic carbocycles. The number of urea groups is 1. The maximum atomic E-state index is 11.8. The molecule has 1 aromatic rings. The molecule has 6 heteroatoms. The minimum absolute atomic E-state index is 0.0406. The number of carbonyl (C=O) groups is 2. The van der Waals surface area contributed by atoms with E-state index in [1.807, 2.05) is 30.3 Å². The highest BCUT2D eigenvalue weighted by Gasteiger charge is 2.23. The zero-order valence-corrected chi connectivity index (χ0v) is 11.0. The minimum atomic E-state index is -1.05. The van der Waals surface area contributed by atoms with Crippen LogP contribution in [0.1, 0.15) is 12.0 Å². The fourth-order valence-electron chi connectivity index (χ4n) is 2.08. The van der Waals surface area contributed by atoms with Gasteiger partial charge in [-0.1, -0.05) is 30.3 Å². The smallest absolute Gasteiger partial charge is 0.326 e. The second-order valence-corrected chi connectivity index (χ2v) is 4.76. The molecular weight excluding hydrogens is 260 g/mol. The van der Waals surface area contributed by atoms with Crippen LogP contribution in [0.2, 0.25) is 0 Å². The van der Waals surface area contributed by atoms with Crippen molar-refractivity contribution in [1.82, 2.24) is 10.6 Å². The summed E-state index contributed by atoms with van der Waals surface area (Å²) in [5.41, 5.74) is 0.865. The summed E-state index contributed by atoms with van der Waals surface area (Å²) in [5.74, 6) is -1.05. The van der Waals surface area contributed by atoms with Gasteiger partial charge in [-0.3, -0.25) is 0 Å². The zero-order chi connectivity index (χ0) is 14.4. The van der Waals surface area contributed by atoms with Gasteiger partial charge in [0.05, 0.1) is 12.6 Å². The fourth-order valence-corrected chi connectivity index (χ4v) is 2.08. The van der Waals surface area contributed by atoms with Crippen molar-refractivity contribution in [2.24, 2.45) is 0 Å². The summed E-state index contributed by atoms with van der Waals surface area (Å²) in [7, 11) is 0. The number of carboxylic acid groups (broad SMARTS) is 1. The molecule has 0 aliphatic carbocycles. The lowest BCUT2D eigenvalue weighted by atomic mass is 10.1. The first-order valence-corrected chi connectivity index (χ1v) is 6.56. The molecule has 108 valence electrons. The second kappa shape index (κ2) is 6.91. The Morgan fingerprint density at radius 2 is 2.10 bits per heavy atom. The van der Waals surface area contributed by atoms with Crippen molar-refractivity contribution in [3.8, 4) is 0 Å². The van der Waals surface area contributed by atoms with E-state index in [4.69, 9.17) is 4.74 Å². The number of nitrogens with one attached hydrogen (secondary N) is 2. The topological polar surface area (TPSA) is 87.7 Å². The first-order chi connectivity index (χ1) is 9.65. The van der Waals surface area contributed by atoms with E-state index in [0.29, 0.717) is 13.2 Å². The normalized spacial score (nSPS) is 19.3. The van der Waals surface area contributed by atoms with Gasteiger partial charge >= 0.3 is 12.0 Å². The molecule has 0 spiro atoms. The van der Waals surface area contributed by atoms with Crippen LogP contribution in [-0.4, -0.2) is 42.4 Å². The van der Waals surface area contributed by atoms with Gasteiger partial charge in [-0.2, -0.15) is 0 Å². The number of benzene rings is 1. The maximum absolute atomic E-state index is 11.8. The van der Waals surface area contributed by atoms with Gasteiger partial charge in [0.2, 0.25) is 0 Å². The summed E-state index contributed by atoms with van der Waals surface area (Å²) in [4.78, 5) is 23.0. The monoisotopic (exact) mass is 278 g/mol. The first-order valence-electron chi connectivity index (χ1n) is 6.56. The van der Waals surface area contributed by atoms with Crippen LogP contribution in [-0.2, 0) is 16.0 Å². The maximum Gasteiger partial charge on any atom is 0.326 e. The third-order valence-electron chi connectivity index (χ3n) is 3.15. The second-order valence-electron chi connectivity index (χ2n) is 4.76. The zero-order valence-electron chi connectivity index (χ0n) is 11.0. The van der Waals surface area contributed by atoms with Gasteiger partial charge in [0.15, 0.2) is 0 Å². The van der Waals surface area contributed by atoms with E-state index in [0.717, 1.165) is 12.0 Å². The molecule has 1 aliphatic heterocycles. The van der Waals surface area contributed by atoms with Crippen LogP contribution in [0.3, 0.4) is 0 Å². The molecule has 0 bridgehead atoms. The lowest BCUT2D eigenvalue weighted by molar-refractivity contribution is -0.139. The molecule has 1 fully saturated rings. The van der Waals surface area contributed by atoms with E-state index in [1.54, 1.807) is 0 Å². The van der Waals surface area contributed by atoms with Gasteiger partial charge in [0.1, 0.15) is 6.04 Å². The Bertz CT molecular complexity index is 458. The van der Waals surface area contributed by atoms with Gasteiger partial charge < -0.3 is 20.5 Å². The highest BCUT2D eigenvalue weighted by molar-refractivity contribution is 5.82. The molecule has 3 N–H and O–H groups in total. The van der Waals surface area contributed by atoms with E-state index in [9.17, 15) is 14.7 Å². The molecule has 1 aliphatic rings. The Balaban J connectivity index is 1.88. The largest absolute Gasteiger partial charge is 0.480 e. The minimum Gasteiger partial charge on any atom is -0.480 e. The number of hydrogen-bond acceptors (Lipinski definition) is 3.